The van der Waals surface area contributed by atoms with Gasteiger partial charge in [0.2, 0.25) is 0 Å². The molecule has 0 aromatic carbocycles. The summed E-state index contributed by atoms with van der Waals surface area (Å²) in [5, 5.41) is 11.0. The van der Waals surface area contributed by atoms with Crippen molar-refractivity contribution in [2.75, 3.05) is 0 Å². The van der Waals surface area contributed by atoms with E-state index < -0.39 is 5.60 Å². The monoisotopic (exact) mass is 211 g/mol. The van der Waals surface area contributed by atoms with Crippen LogP contribution in [-0.2, 0) is 12.0 Å². The SMILES string of the molecule is CCC1(O)CCc2c(Cl)cc(C)nc21. The maximum Gasteiger partial charge on any atom is 0.107 e. The fraction of sp³-hybridized carbons (Fsp3) is 0.545. The van der Waals surface area contributed by atoms with Gasteiger partial charge >= 0.3 is 0 Å². The van der Waals surface area contributed by atoms with E-state index in [1.807, 2.05) is 19.9 Å². The minimum absolute atomic E-state index is 0.701. The zero-order chi connectivity index (χ0) is 10.3. The first-order valence-electron chi connectivity index (χ1n) is 4.95. The van der Waals surface area contributed by atoms with E-state index in [9.17, 15) is 5.11 Å². The van der Waals surface area contributed by atoms with E-state index in [0.29, 0.717) is 6.42 Å². The van der Waals surface area contributed by atoms with Gasteiger partial charge in [0.1, 0.15) is 5.60 Å². The van der Waals surface area contributed by atoms with Gasteiger partial charge in [-0.05, 0) is 37.8 Å². The van der Waals surface area contributed by atoms with Gasteiger partial charge in [0.05, 0.1) is 5.69 Å². The summed E-state index contributed by atoms with van der Waals surface area (Å²) in [4.78, 5) is 4.40. The third-order valence-electron chi connectivity index (χ3n) is 3.01. The summed E-state index contributed by atoms with van der Waals surface area (Å²) in [6.07, 6.45) is 2.29. The molecular weight excluding hydrogens is 198 g/mol. The Balaban J connectivity index is 2.60. The van der Waals surface area contributed by atoms with Crippen LogP contribution in [-0.4, -0.2) is 10.1 Å². The zero-order valence-electron chi connectivity index (χ0n) is 8.47. The molecule has 0 bridgehead atoms. The van der Waals surface area contributed by atoms with Crippen LogP contribution in [0, 0.1) is 6.92 Å². The van der Waals surface area contributed by atoms with Crippen molar-refractivity contribution >= 4 is 11.6 Å². The van der Waals surface area contributed by atoms with Gasteiger partial charge in [-0.1, -0.05) is 18.5 Å². The first-order valence-corrected chi connectivity index (χ1v) is 5.33. The second-order valence-electron chi connectivity index (χ2n) is 3.96. The number of rotatable bonds is 1. The summed E-state index contributed by atoms with van der Waals surface area (Å²) >= 11 is 6.11. The molecule has 1 unspecified atom stereocenters. The Morgan fingerprint density at radius 3 is 3.00 bits per heavy atom. The summed E-state index contributed by atoms with van der Waals surface area (Å²) < 4.78 is 0. The van der Waals surface area contributed by atoms with Crippen LogP contribution in [0.2, 0.25) is 5.02 Å². The Morgan fingerprint density at radius 1 is 1.64 bits per heavy atom. The minimum Gasteiger partial charge on any atom is -0.384 e. The smallest absolute Gasteiger partial charge is 0.107 e. The number of aromatic nitrogens is 1. The lowest BCUT2D eigenvalue weighted by Gasteiger charge is -2.20. The second-order valence-corrected chi connectivity index (χ2v) is 4.36. The van der Waals surface area contributed by atoms with Crippen molar-refractivity contribution in [1.82, 2.24) is 4.98 Å². The molecule has 0 saturated heterocycles. The van der Waals surface area contributed by atoms with Crippen molar-refractivity contribution in [3.63, 3.8) is 0 Å². The maximum absolute atomic E-state index is 10.3. The number of aryl methyl sites for hydroxylation is 1. The first kappa shape index (κ1) is 9.94. The van der Waals surface area contributed by atoms with Gasteiger partial charge < -0.3 is 5.11 Å². The molecule has 1 aromatic heterocycles. The van der Waals surface area contributed by atoms with Gasteiger partial charge in [0.25, 0.3) is 0 Å². The maximum atomic E-state index is 10.3. The van der Waals surface area contributed by atoms with E-state index in [4.69, 9.17) is 11.6 Å². The Bertz CT molecular complexity index is 378. The molecule has 1 aromatic rings. The molecule has 14 heavy (non-hydrogen) atoms. The van der Waals surface area contributed by atoms with Crippen LogP contribution < -0.4 is 0 Å². The molecule has 0 fully saturated rings. The van der Waals surface area contributed by atoms with Crippen molar-refractivity contribution in [2.45, 2.75) is 38.7 Å². The number of halogens is 1. The van der Waals surface area contributed by atoms with E-state index in [2.05, 4.69) is 4.98 Å². The number of fused-ring (bicyclic) bond motifs is 1. The summed E-state index contributed by atoms with van der Waals surface area (Å²) in [6.45, 7) is 3.88. The lowest BCUT2D eigenvalue weighted by molar-refractivity contribution is 0.0305. The van der Waals surface area contributed by atoms with Crippen LogP contribution in [0.15, 0.2) is 6.07 Å². The molecule has 2 nitrogen and oxygen atoms in total. The number of aliphatic hydroxyl groups is 1. The molecule has 3 heteroatoms. The zero-order valence-corrected chi connectivity index (χ0v) is 9.23. The highest BCUT2D eigenvalue weighted by Gasteiger charge is 2.37. The van der Waals surface area contributed by atoms with Crippen molar-refractivity contribution in [3.05, 3.63) is 28.0 Å². The Kier molecular flexibility index (Phi) is 2.28. The summed E-state index contributed by atoms with van der Waals surface area (Å²) in [5.41, 5.74) is 1.96. The Morgan fingerprint density at radius 2 is 2.36 bits per heavy atom. The fourth-order valence-electron chi connectivity index (χ4n) is 2.08. The van der Waals surface area contributed by atoms with Crippen LogP contribution in [0.25, 0.3) is 0 Å². The van der Waals surface area contributed by atoms with E-state index in [1.165, 1.54) is 0 Å². The molecule has 1 N–H and O–H groups in total. The number of hydrogen-bond donors (Lipinski definition) is 1. The van der Waals surface area contributed by atoms with Crippen molar-refractivity contribution < 1.29 is 5.11 Å². The molecule has 1 heterocycles. The van der Waals surface area contributed by atoms with Gasteiger partial charge in [-0.3, -0.25) is 4.98 Å². The van der Waals surface area contributed by atoms with Crippen molar-refractivity contribution in [2.24, 2.45) is 0 Å². The van der Waals surface area contributed by atoms with Crippen LogP contribution >= 0.6 is 11.6 Å². The summed E-state index contributed by atoms with van der Waals surface area (Å²) in [7, 11) is 0. The standard InChI is InChI=1S/C11H14ClNO/c1-3-11(14)5-4-8-9(12)6-7(2)13-10(8)11/h6,14H,3-5H2,1-2H3. The molecule has 1 atom stereocenters. The minimum atomic E-state index is -0.745. The van der Waals surface area contributed by atoms with Crippen LogP contribution in [0.4, 0.5) is 0 Å². The summed E-state index contributed by atoms with van der Waals surface area (Å²) in [5.74, 6) is 0. The topological polar surface area (TPSA) is 33.1 Å². The van der Waals surface area contributed by atoms with Crippen molar-refractivity contribution in [1.29, 1.82) is 0 Å². The fourth-order valence-corrected chi connectivity index (χ4v) is 2.42. The number of pyridine rings is 1. The van der Waals surface area contributed by atoms with Crippen LogP contribution in [0.1, 0.15) is 36.7 Å². The normalized spacial score (nSPS) is 25.1. The van der Waals surface area contributed by atoms with E-state index in [1.54, 1.807) is 0 Å². The van der Waals surface area contributed by atoms with Crippen LogP contribution in [0.3, 0.4) is 0 Å². The Labute approximate surface area is 88.9 Å². The number of hydrogen-bond acceptors (Lipinski definition) is 2. The molecule has 1 aliphatic carbocycles. The molecule has 76 valence electrons. The average molecular weight is 212 g/mol. The van der Waals surface area contributed by atoms with Crippen LogP contribution in [0.5, 0.6) is 0 Å². The third-order valence-corrected chi connectivity index (χ3v) is 3.35. The molecule has 0 amide bonds. The van der Waals surface area contributed by atoms with Gasteiger partial charge in [-0.15, -0.1) is 0 Å². The average Bonchev–Trinajstić information content (AvgIpc) is 2.46. The second kappa shape index (κ2) is 3.21. The van der Waals surface area contributed by atoms with E-state index >= 15 is 0 Å². The predicted octanol–water partition coefficient (Wildman–Crippen LogP) is 2.59. The molecule has 0 aliphatic heterocycles. The van der Waals surface area contributed by atoms with Gasteiger partial charge in [0.15, 0.2) is 0 Å². The van der Waals surface area contributed by atoms with Crippen molar-refractivity contribution in [3.8, 4) is 0 Å². The third kappa shape index (κ3) is 1.33. The highest BCUT2D eigenvalue weighted by atomic mass is 35.5. The summed E-state index contributed by atoms with van der Waals surface area (Å²) in [6, 6.07) is 1.86. The largest absolute Gasteiger partial charge is 0.384 e. The lowest BCUT2D eigenvalue weighted by Crippen LogP contribution is -2.22. The highest BCUT2D eigenvalue weighted by molar-refractivity contribution is 6.31. The van der Waals surface area contributed by atoms with E-state index in [-0.39, 0.29) is 0 Å². The van der Waals surface area contributed by atoms with Gasteiger partial charge in [-0.25, -0.2) is 0 Å². The first-order chi connectivity index (χ1) is 6.57. The molecule has 1 aliphatic rings. The number of nitrogens with zero attached hydrogens (tertiary/aromatic N) is 1. The molecule has 0 spiro atoms. The molecular formula is C11H14ClNO. The highest BCUT2D eigenvalue weighted by Crippen LogP contribution is 2.40. The molecule has 2 rings (SSSR count). The quantitative estimate of drug-likeness (QED) is 0.775. The Hall–Kier alpha value is -0.600. The van der Waals surface area contributed by atoms with Gasteiger partial charge in [0, 0.05) is 10.7 Å². The van der Waals surface area contributed by atoms with E-state index in [0.717, 1.165) is 34.8 Å². The predicted molar refractivity (Wildman–Crippen MR) is 56.5 cm³/mol. The lowest BCUT2D eigenvalue weighted by atomic mass is 9.98. The molecule has 0 saturated carbocycles. The molecule has 0 radical (unpaired) electrons. The van der Waals surface area contributed by atoms with Gasteiger partial charge in [-0.2, -0.15) is 0 Å².